The van der Waals surface area contributed by atoms with Crippen molar-refractivity contribution in [3.63, 3.8) is 0 Å². The van der Waals surface area contributed by atoms with E-state index in [-0.39, 0.29) is 0 Å². The molecule has 2 aromatic carbocycles. The summed E-state index contributed by atoms with van der Waals surface area (Å²) in [5.74, 6) is 0. The largest absolute Gasteiger partial charge is 0.310 e. The molecule has 0 amide bonds. The molecular formula is C18H22BrN. The van der Waals surface area contributed by atoms with Crippen molar-refractivity contribution in [1.29, 1.82) is 0 Å². The number of nitrogens with one attached hydrogen (secondary N) is 1. The van der Waals surface area contributed by atoms with Crippen molar-refractivity contribution in [1.82, 2.24) is 5.32 Å². The molecule has 0 bridgehead atoms. The van der Waals surface area contributed by atoms with Gasteiger partial charge in [0.15, 0.2) is 0 Å². The highest BCUT2D eigenvalue weighted by Gasteiger charge is 2.15. The van der Waals surface area contributed by atoms with Gasteiger partial charge in [-0.2, -0.15) is 0 Å². The molecule has 1 atom stereocenters. The molecule has 1 N–H and O–H groups in total. The molecule has 0 aliphatic rings. The van der Waals surface area contributed by atoms with Gasteiger partial charge >= 0.3 is 0 Å². The Morgan fingerprint density at radius 3 is 2.50 bits per heavy atom. The SMILES string of the molecule is CCNC(Cc1ccccc1C)c1cccc(Br)c1C. The summed E-state index contributed by atoms with van der Waals surface area (Å²) in [5.41, 5.74) is 5.48. The normalized spacial score (nSPS) is 12.4. The maximum absolute atomic E-state index is 3.64. The van der Waals surface area contributed by atoms with Crippen molar-refractivity contribution < 1.29 is 0 Å². The van der Waals surface area contributed by atoms with Gasteiger partial charge in [0, 0.05) is 10.5 Å². The lowest BCUT2D eigenvalue weighted by atomic mass is 9.93. The fraction of sp³-hybridized carbons (Fsp3) is 0.333. The molecule has 106 valence electrons. The summed E-state index contributed by atoms with van der Waals surface area (Å²) in [4.78, 5) is 0. The van der Waals surface area contributed by atoms with Crippen molar-refractivity contribution in [2.75, 3.05) is 6.54 Å². The molecule has 0 saturated carbocycles. The zero-order chi connectivity index (χ0) is 14.5. The molecule has 20 heavy (non-hydrogen) atoms. The lowest BCUT2D eigenvalue weighted by Gasteiger charge is -2.22. The molecule has 1 nitrogen and oxygen atoms in total. The van der Waals surface area contributed by atoms with Gasteiger partial charge in [-0.05, 0) is 55.1 Å². The van der Waals surface area contributed by atoms with Gasteiger partial charge in [0.25, 0.3) is 0 Å². The van der Waals surface area contributed by atoms with Crippen LogP contribution in [0.1, 0.15) is 35.2 Å². The molecule has 0 aromatic heterocycles. The minimum Gasteiger partial charge on any atom is -0.310 e. The van der Waals surface area contributed by atoms with Gasteiger partial charge in [0.2, 0.25) is 0 Å². The van der Waals surface area contributed by atoms with Crippen molar-refractivity contribution in [3.8, 4) is 0 Å². The summed E-state index contributed by atoms with van der Waals surface area (Å²) in [7, 11) is 0. The predicted molar refractivity (Wildman–Crippen MR) is 90.2 cm³/mol. The average molecular weight is 332 g/mol. The average Bonchev–Trinajstić information content (AvgIpc) is 2.44. The first-order chi connectivity index (χ1) is 9.63. The molecule has 2 rings (SSSR count). The van der Waals surface area contributed by atoms with E-state index in [4.69, 9.17) is 0 Å². The number of benzene rings is 2. The maximum Gasteiger partial charge on any atom is 0.0363 e. The van der Waals surface area contributed by atoms with Crippen molar-refractivity contribution in [2.45, 2.75) is 33.2 Å². The van der Waals surface area contributed by atoms with E-state index in [0.29, 0.717) is 6.04 Å². The Balaban J connectivity index is 2.32. The van der Waals surface area contributed by atoms with E-state index in [0.717, 1.165) is 13.0 Å². The van der Waals surface area contributed by atoms with Crippen LogP contribution in [0.25, 0.3) is 0 Å². The lowest BCUT2D eigenvalue weighted by Crippen LogP contribution is -2.24. The molecule has 0 heterocycles. The number of halogens is 1. The monoisotopic (exact) mass is 331 g/mol. The number of aryl methyl sites for hydroxylation is 1. The van der Waals surface area contributed by atoms with Gasteiger partial charge < -0.3 is 5.32 Å². The van der Waals surface area contributed by atoms with Gasteiger partial charge in [0.05, 0.1) is 0 Å². The van der Waals surface area contributed by atoms with Crippen LogP contribution in [0.2, 0.25) is 0 Å². The Morgan fingerprint density at radius 2 is 1.80 bits per heavy atom. The molecule has 2 heteroatoms. The third-order valence-corrected chi connectivity index (χ3v) is 4.68. The van der Waals surface area contributed by atoms with Gasteiger partial charge in [-0.15, -0.1) is 0 Å². The summed E-state index contributed by atoms with van der Waals surface area (Å²) in [6, 6.07) is 15.5. The Morgan fingerprint density at radius 1 is 1.05 bits per heavy atom. The van der Waals surface area contributed by atoms with Crippen LogP contribution in [0.15, 0.2) is 46.9 Å². The highest BCUT2D eigenvalue weighted by molar-refractivity contribution is 9.10. The molecule has 0 aliphatic heterocycles. The molecular weight excluding hydrogens is 310 g/mol. The fourth-order valence-corrected chi connectivity index (χ4v) is 2.98. The van der Waals surface area contributed by atoms with E-state index in [1.54, 1.807) is 0 Å². The molecule has 0 radical (unpaired) electrons. The highest BCUT2D eigenvalue weighted by atomic mass is 79.9. The van der Waals surface area contributed by atoms with E-state index < -0.39 is 0 Å². The van der Waals surface area contributed by atoms with E-state index in [1.165, 1.54) is 26.7 Å². The van der Waals surface area contributed by atoms with Crippen molar-refractivity contribution >= 4 is 15.9 Å². The Hall–Kier alpha value is -1.12. The van der Waals surface area contributed by atoms with Crippen LogP contribution in [-0.2, 0) is 6.42 Å². The number of hydrogen-bond donors (Lipinski definition) is 1. The lowest BCUT2D eigenvalue weighted by molar-refractivity contribution is 0.546. The van der Waals surface area contributed by atoms with E-state index in [9.17, 15) is 0 Å². The number of hydrogen-bond acceptors (Lipinski definition) is 1. The molecule has 2 aromatic rings. The minimum atomic E-state index is 0.360. The summed E-state index contributed by atoms with van der Waals surface area (Å²) in [6.45, 7) is 7.51. The van der Waals surface area contributed by atoms with Crippen LogP contribution >= 0.6 is 15.9 Å². The van der Waals surface area contributed by atoms with Crippen LogP contribution in [0, 0.1) is 13.8 Å². The summed E-state index contributed by atoms with van der Waals surface area (Å²) >= 11 is 3.64. The second-order valence-corrected chi connectivity index (χ2v) is 6.05. The first-order valence-corrected chi connectivity index (χ1v) is 7.95. The summed E-state index contributed by atoms with van der Waals surface area (Å²) in [6.07, 6.45) is 1.03. The Labute approximate surface area is 130 Å². The van der Waals surface area contributed by atoms with E-state index >= 15 is 0 Å². The third-order valence-electron chi connectivity index (χ3n) is 3.82. The molecule has 0 aliphatic carbocycles. The fourth-order valence-electron chi connectivity index (χ4n) is 2.60. The first kappa shape index (κ1) is 15.3. The topological polar surface area (TPSA) is 12.0 Å². The van der Waals surface area contributed by atoms with Crippen LogP contribution in [-0.4, -0.2) is 6.54 Å². The quantitative estimate of drug-likeness (QED) is 0.816. The van der Waals surface area contributed by atoms with Gasteiger partial charge in [-0.1, -0.05) is 59.3 Å². The van der Waals surface area contributed by atoms with Gasteiger partial charge in [-0.25, -0.2) is 0 Å². The first-order valence-electron chi connectivity index (χ1n) is 7.16. The standard InChI is InChI=1S/C18H22BrN/c1-4-20-18(12-15-9-6-5-8-13(15)2)16-10-7-11-17(19)14(16)3/h5-11,18,20H,4,12H2,1-3H3. The van der Waals surface area contributed by atoms with Gasteiger partial charge in [-0.3, -0.25) is 0 Å². The molecule has 0 fully saturated rings. The Kier molecular flexibility index (Phi) is 5.38. The minimum absolute atomic E-state index is 0.360. The molecule has 1 unspecified atom stereocenters. The second-order valence-electron chi connectivity index (χ2n) is 5.19. The zero-order valence-corrected chi connectivity index (χ0v) is 14.0. The number of likely N-dealkylation sites (N-methyl/N-ethyl adjacent to an activating group) is 1. The second kappa shape index (κ2) is 7.05. The maximum atomic E-state index is 3.64. The van der Waals surface area contributed by atoms with E-state index in [1.807, 2.05) is 0 Å². The van der Waals surface area contributed by atoms with Crippen molar-refractivity contribution in [2.24, 2.45) is 0 Å². The van der Waals surface area contributed by atoms with Crippen LogP contribution < -0.4 is 5.32 Å². The van der Waals surface area contributed by atoms with Crippen LogP contribution in [0.4, 0.5) is 0 Å². The van der Waals surface area contributed by atoms with Gasteiger partial charge in [0.1, 0.15) is 0 Å². The highest BCUT2D eigenvalue weighted by Crippen LogP contribution is 2.27. The Bertz CT molecular complexity index is 577. The third kappa shape index (κ3) is 3.50. The van der Waals surface area contributed by atoms with Crippen LogP contribution in [0.5, 0.6) is 0 Å². The van der Waals surface area contributed by atoms with Crippen molar-refractivity contribution in [3.05, 3.63) is 69.2 Å². The molecule has 0 saturated heterocycles. The van der Waals surface area contributed by atoms with E-state index in [2.05, 4.69) is 84.5 Å². The predicted octanol–water partition coefficient (Wildman–Crippen LogP) is 4.96. The summed E-state index contributed by atoms with van der Waals surface area (Å²) < 4.78 is 1.18. The zero-order valence-electron chi connectivity index (χ0n) is 12.4. The molecule has 0 spiro atoms. The summed E-state index contributed by atoms with van der Waals surface area (Å²) in [5, 5.41) is 3.62. The smallest absolute Gasteiger partial charge is 0.0363 e. The van der Waals surface area contributed by atoms with Crippen LogP contribution in [0.3, 0.4) is 0 Å². The number of rotatable bonds is 5.